The molecule has 92 valence electrons. The van der Waals surface area contributed by atoms with E-state index in [1.165, 1.54) is 0 Å². The van der Waals surface area contributed by atoms with E-state index in [4.69, 9.17) is 0 Å². The Morgan fingerprint density at radius 2 is 1.50 bits per heavy atom. The minimum atomic E-state index is -1.31. The molecule has 0 bridgehead atoms. The van der Waals surface area contributed by atoms with E-state index < -0.39 is 34.6 Å². The molecule has 0 spiro atoms. The molecule has 12 heteroatoms. The zero-order valence-corrected chi connectivity index (χ0v) is 7.71. The van der Waals surface area contributed by atoms with Gasteiger partial charge in [0, 0.05) is 0 Å². The van der Waals surface area contributed by atoms with E-state index >= 15 is 0 Å². The van der Waals surface area contributed by atoms with Crippen molar-refractivity contribution in [2.24, 2.45) is 0 Å². The standard InChI is InChI=1S/C4H7N3O9/c8-5(9)14-2-1-4(16-7(12)13)3-15-6(10)11/h4H,1-3H2. The first kappa shape index (κ1) is 13.6. The van der Waals surface area contributed by atoms with E-state index in [1.54, 1.807) is 0 Å². The molecule has 1 atom stereocenters. The highest BCUT2D eigenvalue weighted by atomic mass is 17.0. The highest BCUT2D eigenvalue weighted by molar-refractivity contribution is 4.52. The maximum Gasteiger partial charge on any atom is 0.294 e. The van der Waals surface area contributed by atoms with Gasteiger partial charge in [-0.2, -0.15) is 0 Å². The van der Waals surface area contributed by atoms with Gasteiger partial charge >= 0.3 is 0 Å². The second kappa shape index (κ2) is 6.97. The van der Waals surface area contributed by atoms with Gasteiger partial charge in [0.25, 0.3) is 15.3 Å². The van der Waals surface area contributed by atoms with Gasteiger partial charge in [0.2, 0.25) is 0 Å². The Labute approximate surface area is 87.0 Å². The lowest BCUT2D eigenvalue weighted by Crippen LogP contribution is -2.26. The largest absolute Gasteiger partial charge is 0.314 e. The zero-order valence-electron chi connectivity index (χ0n) is 7.71. The van der Waals surface area contributed by atoms with E-state index in [0.717, 1.165) is 0 Å². The zero-order chi connectivity index (χ0) is 12.6. The van der Waals surface area contributed by atoms with Gasteiger partial charge in [-0.3, -0.25) is 0 Å². The molecule has 0 aromatic carbocycles. The van der Waals surface area contributed by atoms with Gasteiger partial charge in [0.15, 0.2) is 0 Å². The summed E-state index contributed by atoms with van der Waals surface area (Å²) in [7, 11) is 0. The Kier molecular flexibility index (Phi) is 5.92. The number of hydrogen-bond acceptors (Lipinski definition) is 9. The molecule has 0 radical (unpaired) electrons. The van der Waals surface area contributed by atoms with Crippen LogP contribution in [0.5, 0.6) is 0 Å². The van der Waals surface area contributed by atoms with Crippen LogP contribution in [0.15, 0.2) is 0 Å². The Bertz CT molecular complexity index is 267. The smallest absolute Gasteiger partial charge is 0.294 e. The van der Waals surface area contributed by atoms with Crippen molar-refractivity contribution in [3.05, 3.63) is 30.3 Å². The molecule has 0 saturated heterocycles. The molecule has 1 unspecified atom stereocenters. The molecule has 0 aliphatic carbocycles. The van der Waals surface area contributed by atoms with Gasteiger partial charge in [-0.15, -0.1) is 30.3 Å². The number of hydrogen-bond donors (Lipinski definition) is 0. The predicted molar refractivity (Wildman–Crippen MR) is 42.4 cm³/mol. The van der Waals surface area contributed by atoms with Crippen LogP contribution >= 0.6 is 0 Å². The first-order valence-electron chi connectivity index (χ1n) is 3.77. The summed E-state index contributed by atoms with van der Waals surface area (Å²) in [6, 6.07) is 0. The van der Waals surface area contributed by atoms with E-state index in [1.807, 2.05) is 0 Å². The maximum atomic E-state index is 9.93. The molecule has 0 aliphatic heterocycles. The summed E-state index contributed by atoms with van der Waals surface area (Å²) in [5.74, 6) is 0. The summed E-state index contributed by atoms with van der Waals surface area (Å²) in [5, 5.41) is 26.0. The molecule has 0 saturated carbocycles. The second-order valence-electron chi connectivity index (χ2n) is 2.32. The van der Waals surface area contributed by atoms with Crippen molar-refractivity contribution >= 4 is 0 Å². The maximum absolute atomic E-state index is 9.93. The fourth-order valence-corrected chi connectivity index (χ4v) is 0.691. The molecule has 16 heavy (non-hydrogen) atoms. The van der Waals surface area contributed by atoms with Crippen LogP contribution in [0.4, 0.5) is 0 Å². The lowest BCUT2D eigenvalue weighted by atomic mass is 10.3. The summed E-state index contributed by atoms with van der Waals surface area (Å²) >= 11 is 0. The Morgan fingerprint density at radius 3 is 1.94 bits per heavy atom. The van der Waals surface area contributed by atoms with Crippen molar-refractivity contribution in [3.63, 3.8) is 0 Å². The molecule has 0 amide bonds. The molecule has 0 aromatic rings. The third-order valence-corrected chi connectivity index (χ3v) is 1.24. The molecule has 0 aromatic heterocycles. The number of rotatable bonds is 9. The normalized spacial score (nSPS) is 11.2. The summed E-state index contributed by atoms with van der Waals surface area (Å²) in [4.78, 5) is 41.1. The summed E-state index contributed by atoms with van der Waals surface area (Å²) in [6.45, 7) is -1.21. The average Bonchev–Trinajstić information content (AvgIpc) is 2.12. The van der Waals surface area contributed by atoms with Crippen molar-refractivity contribution in [2.75, 3.05) is 13.2 Å². The first-order chi connectivity index (χ1) is 7.41. The summed E-state index contributed by atoms with van der Waals surface area (Å²) in [5.41, 5.74) is 0. The van der Waals surface area contributed by atoms with Crippen molar-refractivity contribution in [2.45, 2.75) is 12.5 Å². The van der Waals surface area contributed by atoms with Crippen molar-refractivity contribution < 1.29 is 29.8 Å². The minimum absolute atomic E-state index is 0.296. The highest BCUT2D eigenvalue weighted by Crippen LogP contribution is 2.01. The fourth-order valence-electron chi connectivity index (χ4n) is 0.691. The molecular formula is C4H7N3O9. The van der Waals surface area contributed by atoms with E-state index in [2.05, 4.69) is 14.5 Å². The molecular weight excluding hydrogens is 234 g/mol. The second-order valence-corrected chi connectivity index (χ2v) is 2.32. The van der Waals surface area contributed by atoms with Crippen LogP contribution in [-0.4, -0.2) is 34.6 Å². The Hall–Kier alpha value is -2.40. The van der Waals surface area contributed by atoms with Gasteiger partial charge in [-0.05, 0) is 6.42 Å². The monoisotopic (exact) mass is 241 g/mol. The summed E-state index contributed by atoms with van der Waals surface area (Å²) < 4.78 is 0. The molecule has 0 fully saturated rings. The molecule has 0 N–H and O–H groups in total. The average molecular weight is 241 g/mol. The SMILES string of the molecule is O=[N+]([O-])OCCC(CO[N+](=O)[O-])O[N+](=O)[O-]. The minimum Gasteiger partial charge on any atom is -0.314 e. The summed E-state index contributed by atoms with van der Waals surface area (Å²) in [6.07, 6.45) is -1.60. The lowest BCUT2D eigenvalue weighted by Gasteiger charge is -2.12. The first-order valence-corrected chi connectivity index (χ1v) is 3.77. The van der Waals surface area contributed by atoms with E-state index in [-0.39, 0.29) is 6.42 Å². The third kappa shape index (κ3) is 8.21. The topological polar surface area (TPSA) is 157 Å². The van der Waals surface area contributed by atoms with Crippen LogP contribution < -0.4 is 0 Å². The quantitative estimate of drug-likeness (QED) is 0.378. The van der Waals surface area contributed by atoms with Crippen LogP contribution in [0, 0.1) is 30.3 Å². The van der Waals surface area contributed by atoms with Gasteiger partial charge in [0.1, 0.15) is 12.7 Å². The molecule has 0 aliphatic rings. The molecule has 0 rings (SSSR count). The van der Waals surface area contributed by atoms with Crippen LogP contribution in [0.25, 0.3) is 0 Å². The van der Waals surface area contributed by atoms with Crippen LogP contribution in [0.3, 0.4) is 0 Å². The van der Waals surface area contributed by atoms with Gasteiger partial charge in [-0.1, -0.05) is 0 Å². The van der Waals surface area contributed by atoms with Crippen LogP contribution in [-0.2, 0) is 14.5 Å². The Morgan fingerprint density at radius 1 is 0.938 bits per heavy atom. The van der Waals surface area contributed by atoms with Crippen LogP contribution in [0.2, 0.25) is 0 Å². The molecule has 0 heterocycles. The number of nitrogens with zero attached hydrogens (tertiary/aromatic N) is 3. The van der Waals surface area contributed by atoms with Crippen LogP contribution in [0.1, 0.15) is 6.42 Å². The Balaban J connectivity index is 3.94. The van der Waals surface area contributed by atoms with Crippen molar-refractivity contribution in [3.8, 4) is 0 Å². The van der Waals surface area contributed by atoms with Crippen molar-refractivity contribution in [1.29, 1.82) is 0 Å². The lowest BCUT2D eigenvalue weighted by molar-refractivity contribution is -0.792. The van der Waals surface area contributed by atoms with Gasteiger partial charge < -0.3 is 14.5 Å². The predicted octanol–water partition coefficient (Wildman–Crippen LogP) is -0.630. The highest BCUT2D eigenvalue weighted by Gasteiger charge is 2.16. The van der Waals surface area contributed by atoms with Crippen molar-refractivity contribution in [1.82, 2.24) is 0 Å². The van der Waals surface area contributed by atoms with Gasteiger partial charge in [0.05, 0.1) is 6.61 Å². The third-order valence-electron chi connectivity index (χ3n) is 1.24. The van der Waals surface area contributed by atoms with Gasteiger partial charge in [-0.25, -0.2) is 0 Å². The van der Waals surface area contributed by atoms with E-state index in [9.17, 15) is 30.3 Å². The fraction of sp³-hybridized carbons (Fsp3) is 1.00. The molecule has 12 nitrogen and oxygen atoms in total. The van der Waals surface area contributed by atoms with E-state index in [0.29, 0.717) is 0 Å².